The third-order valence-corrected chi connectivity index (χ3v) is 2.64. The molecule has 1 aliphatic carbocycles. The highest BCUT2D eigenvalue weighted by Gasteiger charge is 2.36. The second-order valence-electron chi connectivity index (χ2n) is 5.16. The molecule has 0 aromatic heterocycles. The van der Waals surface area contributed by atoms with Gasteiger partial charge in [0.25, 0.3) is 0 Å². The molecule has 0 spiro atoms. The number of aliphatic carboxylic acids is 1. The topological polar surface area (TPSA) is 75.6 Å². The van der Waals surface area contributed by atoms with Crippen molar-refractivity contribution in [3.8, 4) is 0 Å². The minimum atomic E-state index is -0.776. The van der Waals surface area contributed by atoms with E-state index in [-0.39, 0.29) is 11.8 Å². The maximum Gasteiger partial charge on any atom is 0.407 e. The number of amides is 1. The van der Waals surface area contributed by atoms with Crippen LogP contribution in [0.2, 0.25) is 0 Å². The Bertz CT molecular complexity index is 282. The van der Waals surface area contributed by atoms with Crippen LogP contribution in [0, 0.1) is 11.8 Å². The molecule has 92 valence electrons. The summed E-state index contributed by atoms with van der Waals surface area (Å²) < 4.78 is 5.05. The summed E-state index contributed by atoms with van der Waals surface area (Å²) in [6.45, 7) is 5.74. The number of ether oxygens (including phenoxy) is 1. The summed E-state index contributed by atoms with van der Waals surface area (Å²) in [5, 5.41) is 11.4. The van der Waals surface area contributed by atoms with Crippen molar-refractivity contribution in [3.63, 3.8) is 0 Å². The Labute approximate surface area is 95.2 Å². The van der Waals surface area contributed by atoms with Crippen LogP contribution in [0.15, 0.2) is 0 Å². The lowest BCUT2D eigenvalue weighted by molar-refractivity contribution is -0.147. The van der Waals surface area contributed by atoms with E-state index in [1.165, 1.54) is 0 Å². The molecule has 2 atom stereocenters. The molecule has 0 saturated heterocycles. The zero-order chi connectivity index (χ0) is 12.3. The quantitative estimate of drug-likeness (QED) is 0.771. The first kappa shape index (κ1) is 12.8. The van der Waals surface area contributed by atoms with Gasteiger partial charge in [-0.2, -0.15) is 0 Å². The minimum absolute atomic E-state index is 0.0463. The van der Waals surface area contributed by atoms with Gasteiger partial charge >= 0.3 is 12.1 Å². The van der Waals surface area contributed by atoms with Gasteiger partial charge in [0.1, 0.15) is 5.60 Å². The van der Waals surface area contributed by atoms with E-state index in [1.807, 2.05) is 0 Å². The molecule has 0 aliphatic heterocycles. The number of rotatable bonds is 3. The Morgan fingerprint density at radius 1 is 1.38 bits per heavy atom. The molecule has 1 amide bonds. The van der Waals surface area contributed by atoms with Crippen molar-refractivity contribution in [2.45, 2.75) is 39.2 Å². The molecule has 16 heavy (non-hydrogen) atoms. The van der Waals surface area contributed by atoms with Gasteiger partial charge in [0.15, 0.2) is 0 Å². The first-order valence-electron chi connectivity index (χ1n) is 5.49. The third-order valence-electron chi connectivity index (χ3n) is 2.64. The average Bonchev–Trinajstić information content (AvgIpc) is 1.96. The molecule has 0 aromatic rings. The number of carboxylic acids is 1. The second kappa shape index (κ2) is 4.72. The number of nitrogens with one attached hydrogen (secondary N) is 1. The van der Waals surface area contributed by atoms with Crippen LogP contribution in [-0.2, 0) is 9.53 Å². The van der Waals surface area contributed by atoms with Gasteiger partial charge in [0, 0.05) is 6.54 Å². The Kier molecular flexibility index (Phi) is 3.78. The summed E-state index contributed by atoms with van der Waals surface area (Å²) in [4.78, 5) is 22.0. The summed E-state index contributed by atoms with van der Waals surface area (Å²) in [7, 11) is 0. The van der Waals surface area contributed by atoms with Gasteiger partial charge in [-0.15, -0.1) is 0 Å². The molecular weight excluding hydrogens is 210 g/mol. The van der Waals surface area contributed by atoms with E-state index in [0.29, 0.717) is 13.0 Å². The van der Waals surface area contributed by atoms with Gasteiger partial charge < -0.3 is 15.2 Å². The zero-order valence-corrected chi connectivity index (χ0v) is 9.95. The molecule has 5 nitrogen and oxygen atoms in total. The van der Waals surface area contributed by atoms with Crippen molar-refractivity contribution in [2.75, 3.05) is 6.54 Å². The number of carbonyl (C=O) groups excluding carboxylic acids is 1. The van der Waals surface area contributed by atoms with Crippen molar-refractivity contribution in [1.29, 1.82) is 0 Å². The van der Waals surface area contributed by atoms with Crippen LogP contribution in [0.4, 0.5) is 4.79 Å². The second-order valence-corrected chi connectivity index (χ2v) is 5.16. The van der Waals surface area contributed by atoms with Crippen molar-refractivity contribution >= 4 is 12.1 Å². The van der Waals surface area contributed by atoms with E-state index in [9.17, 15) is 9.59 Å². The lowest BCUT2D eigenvalue weighted by Crippen LogP contribution is -2.42. The molecule has 0 radical (unpaired) electrons. The lowest BCUT2D eigenvalue weighted by Gasteiger charge is -2.33. The molecule has 1 fully saturated rings. The van der Waals surface area contributed by atoms with Crippen molar-refractivity contribution in [1.82, 2.24) is 5.32 Å². The molecule has 0 heterocycles. The van der Waals surface area contributed by atoms with Gasteiger partial charge in [-0.25, -0.2) is 4.79 Å². The molecule has 5 heteroatoms. The van der Waals surface area contributed by atoms with Gasteiger partial charge in [0.05, 0.1) is 5.92 Å². The first-order valence-corrected chi connectivity index (χ1v) is 5.49. The normalized spacial score (nSPS) is 24.4. The van der Waals surface area contributed by atoms with Gasteiger partial charge in [-0.1, -0.05) is 0 Å². The summed E-state index contributed by atoms with van der Waals surface area (Å²) in [5.41, 5.74) is -0.518. The Morgan fingerprint density at radius 2 is 2.00 bits per heavy atom. The highest BCUT2D eigenvalue weighted by Crippen LogP contribution is 2.33. The zero-order valence-electron chi connectivity index (χ0n) is 9.95. The van der Waals surface area contributed by atoms with E-state index in [1.54, 1.807) is 20.8 Å². The standard InChI is InChI=1S/C11H19NO4/c1-11(2,3)16-10(15)12-6-7-4-5-8(7)9(13)14/h7-8H,4-6H2,1-3H3,(H,12,15)(H,13,14)/t7-,8-/m1/s1. The highest BCUT2D eigenvalue weighted by molar-refractivity contribution is 5.72. The fourth-order valence-corrected chi connectivity index (χ4v) is 1.67. The number of carbonyl (C=O) groups is 2. The monoisotopic (exact) mass is 229 g/mol. The van der Waals surface area contributed by atoms with Crippen molar-refractivity contribution < 1.29 is 19.4 Å². The number of alkyl carbamates (subject to hydrolysis) is 1. The molecule has 0 unspecified atom stereocenters. The Morgan fingerprint density at radius 3 is 2.38 bits per heavy atom. The Hall–Kier alpha value is -1.26. The van der Waals surface area contributed by atoms with E-state index in [0.717, 1.165) is 6.42 Å². The fraction of sp³-hybridized carbons (Fsp3) is 0.818. The van der Waals surface area contributed by atoms with E-state index in [2.05, 4.69) is 5.32 Å². The average molecular weight is 229 g/mol. The Balaban J connectivity index is 2.25. The third kappa shape index (κ3) is 3.72. The van der Waals surface area contributed by atoms with E-state index < -0.39 is 17.7 Å². The maximum absolute atomic E-state index is 11.3. The van der Waals surface area contributed by atoms with Crippen LogP contribution in [0.5, 0.6) is 0 Å². The molecule has 1 rings (SSSR count). The highest BCUT2D eigenvalue weighted by atomic mass is 16.6. The van der Waals surface area contributed by atoms with Crippen molar-refractivity contribution in [2.24, 2.45) is 11.8 Å². The van der Waals surface area contributed by atoms with Gasteiger partial charge in [0.2, 0.25) is 0 Å². The number of hydrogen-bond donors (Lipinski definition) is 2. The van der Waals surface area contributed by atoms with Gasteiger partial charge in [-0.05, 0) is 39.5 Å². The predicted molar refractivity (Wildman–Crippen MR) is 58.1 cm³/mol. The summed E-state index contributed by atoms with van der Waals surface area (Å²) in [5.74, 6) is -1.04. The molecule has 1 saturated carbocycles. The van der Waals surface area contributed by atoms with Crippen LogP contribution in [-0.4, -0.2) is 29.3 Å². The molecule has 2 N–H and O–H groups in total. The molecule has 1 aliphatic rings. The van der Waals surface area contributed by atoms with Crippen LogP contribution in [0.3, 0.4) is 0 Å². The number of carboxylic acid groups (broad SMARTS) is 1. The minimum Gasteiger partial charge on any atom is -0.481 e. The van der Waals surface area contributed by atoms with Crippen LogP contribution in [0.1, 0.15) is 33.6 Å². The fourth-order valence-electron chi connectivity index (χ4n) is 1.67. The predicted octanol–water partition coefficient (Wildman–Crippen LogP) is 1.62. The first-order chi connectivity index (χ1) is 7.29. The van der Waals surface area contributed by atoms with Gasteiger partial charge in [-0.3, -0.25) is 4.79 Å². The summed E-state index contributed by atoms with van der Waals surface area (Å²) in [6, 6.07) is 0. The summed E-state index contributed by atoms with van der Waals surface area (Å²) in [6.07, 6.45) is 1.08. The summed E-state index contributed by atoms with van der Waals surface area (Å²) >= 11 is 0. The molecule has 0 aromatic carbocycles. The number of hydrogen-bond acceptors (Lipinski definition) is 3. The molecule has 0 bridgehead atoms. The lowest BCUT2D eigenvalue weighted by atomic mass is 9.74. The van der Waals surface area contributed by atoms with Crippen LogP contribution in [0.25, 0.3) is 0 Å². The largest absolute Gasteiger partial charge is 0.481 e. The maximum atomic E-state index is 11.3. The molecular formula is C11H19NO4. The van der Waals surface area contributed by atoms with Crippen LogP contribution < -0.4 is 5.32 Å². The van der Waals surface area contributed by atoms with Crippen molar-refractivity contribution in [3.05, 3.63) is 0 Å². The van der Waals surface area contributed by atoms with E-state index in [4.69, 9.17) is 9.84 Å². The van der Waals surface area contributed by atoms with Crippen LogP contribution >= 0.6 is 0 Å². The smallest absolute Gasteiger partial charge is 0.407 e. The SMILES string of the molecule is CC(C)(C)OC(=O)NC[C@H]1CC[C@H]1C(=O)O. The van der Waals surface area contributed by atoms with E-state index >= 15 is 0 Å².